The van der Waals surface area contributed by atoms with Crippen LogP contribution < -0.4 is 5.63 Å². The summed E-state index contributed by atoms with van der Waals surface area (Å²) in [6, 6.07) is 1.35. The molecule has 0 spiro atoms. The van der Waals surface area contributed by atoms with Gasteiger partial charge in [0, 0.05) is 18.9 Å². The minimum Gasteiger partial charge on any atom is -0.507 e. The highest BCUT2D eigenvalue weighted by molar-refractivity contribution is 5.97. The second-order valence-corrected chi connectivity index (χ2v) is 4.55. The Morgan fingerprint density at radius 2 is 1.90 bits per heavy atom. The molecule has 0 bridgehead atoms. The van der Waals surface area contributed by atoms with Gasteiger partial charge in [-0.1, -0.05) is 12.2 Å². The Morgan fingerprint density at radius 3 is 2.50 bits per heavy atom. The van der Waals surface area contributed by atoms with Crippen LogP contribution in [0.2, 0.25) is 0 Å². The smallest absolute Gasteiger partial charge is 0.350 e. The number of hydrogen-bond acceptors (Lipinski definition) is 4. The van der Waals surface area contributed by atoms with Crippen LogP contribution in [0.3, 0.4) is 0 Å². The lowest BCUT2D eigenvalue weighted by Crippen LogP contribution is -2.15. The van der Waals surface area contributed by atoms with E-state index in [1.54, 1.807) is 12.2 Å². The van der Waals surface area contributed by atoms with Crippen LogP contribution in [-0.4, -0.2) is 10.9 Å². The van der Waals surface area contributed by atoms with Crippen molar-refractivity contribution in [1.82, 2.24) is 0 Å². The maximum absolute atomic E-state index is 11.9. The van der Waals surface area contributed by atoms with Gasteiger partial charge >= 0.3 is 5.63 Å². The summed E-state index contributed by atoms with van der Waals surface area (Å²) < 4.78 is 5.07. The summed E-state index contributed by atoms with van der Waals surface area (Å²) >= 11 is 0. The summed E-state index contributed by atoms with van der Waals surface area (Å²) in [7, 11) is 0. The number of unbranched alkanes of at least 4 members (excludes halogenated alkanes) is 2. The van der Waals surface area contributed by atoms with Gasteiger partial charge in [-0.3, -0.25) is 4.79 Å². The molecule has 0 aromatic carbocycles. The minimum absolute atomic E-state index is 0.195. The van der Waals surface area contributed by atoms with Crippen molar-refractivity contribution >= 4 is 5.78 Å². The summed E-state index contributed by atoms with van der Waals surface area (Å²) in [4.78, 5) is 23.6. The van der Waals surface area contributed by atoms with Crippen LogP contribution in [0.5, 0.6) is 5.75 Å². The highest BCUT2D eigenvalue weighted by Gasteiger charge is 2.18. The predicted octanol–water partition coefficient (Wildman–Crippen LogP) is 3.39. The normalized spacial score (nSPS) is 10.2. The van der Waals surface area contributed by atoms with Crippen LogP contribution in [0.4, 0.5) is 0 Å². The third-order valence-electron chi connectivity index (χ3n) is 2.90. The zero-order chi connectivity index (χ0) is 15.0. The number of allylic oxidation sites excluding steroid dienone is 2. The minimum atomic E-state index is -0.762. The molecule has 1 N–H and O–H groups in total. The van der Waals surface area contributed by atoms with E-state index >= 15 is 0 Å². The maximum Gasteiger partial charge on any atom is 0.350 e. The molecule has 0 amide bonds. The van der Waals surface area contributed by atoms with Gasteiger partial charge in [-0.2, -0.15) is 0 Å². The molecule has 1 aromatic heterocycles. The molecule has 1 rings (SSSR count). The fourth-order valence-corrected chi connectivity index (χ4v) is 1.86. The highest BCUT2D eigenvalue weighted by atomic mass is 16.4. The molecule has 0 saturated carbocycles. The van der Waals surface area contributed by atoms with Crippen molar-refractivity contribution in [3.8, 4) is 5.75 Å². The first kappa shape index (κ1) is 16.0. The van der Waals surface area contributed by atoms with Crippen LogP contribution in [0, 0.1) is 0 Å². The third-order valence-corrected chi connectivity index (χ3v) is 2.90. The molecule has 1 heterocycles. The Bertz CT molecular complexity index is 540. The lowest BCUT2D eigenvalue weighted by molar-refractivity contribution is 0.0973. The lowest BCUT2D eigenvalue weighted by Gasteiger charge is -2.04. The zero-order valence-electron chi connectivity index (χ0n) is 11.6. The topological polar surface area (TPSA) is 67.5 Å². The fourth-order valence-electron chi connectivity index (χ4n) is 1.86. The molecule has 0 saturated heterocycles. The number of aryl methyl sites for hydroxylation is 1. The van der Waals surface area contributed by atoms with Gasteiger partial charge in [0.1, 0.15) is 17.1 Å². The molecule has 20 heavy (non-hydrogen) atoms. The molecule has 0 aliphatic rings. The first-order valence-electron chi connectivity index (χ1n) is 6.71. The summed E-state index contributed by atoms with van der Waals surface area (Å²) in [5, 5.41) is 9.83. The molecule has 0 aliphatic heterocycles. The highest BCUT2D eigenvalue weighted by Crippen LogP contribution is 2.19. The predicted molar refractivity (Wildman–Crippen MR) is 78.2 cm³/mol. The Kier molecular flexibility index (Phi) is 6.50. The van der Waals surface area contributed by atoms with Crippen molar-refractivity contribution < 1.29 is 14.3 Å². The number of carbonyl (C=O) groups excluding carboxylic acids is 1. The fraction of sp³-hybridized carbons (Fsp3) is 0.375. The van der Waals surface area contributed by atoms with E-state index < -0.39 is 11.4 Å². The third kappa shape index (κ3) is 4.53. The van der Waals surface area contributed by atoms with Crippen molar-refractivity contribution in [3.05, 3.63) is 53.1 Å². The van der Waals surface area contributed by atoms with Crippen LogP contribution in [0.1, 0.15) is 48.2 Å². The monoisotopic (exact) mass is 276 g/mol. The van der Waals surface area contributed by atoms with E-state index in [0.29, 0.717) is 25.0 Å². The van der Waals surface area contributed by atoms with Crippen molar-refractivity contribution in [1.29, 1.82) is 0 Å². The molecule has 4 heteroatoms. The standard InChI is InChI=1S/C16H20O4/c1-3-5-7-9-12-11-14(18)15(16(19)20-12)13(17)10-8-6-4-2/h3-4,11,18H,1-2,5-10H2. The number of Topliss-reactive ketones (excluding diaryl/α,β-unsaturated/α-hetero) is 1. The molecule has 0 atom stereocenters. The van der Waals surface area contributed by atoms with Gasteiger partial charge in [0.05, 0.1) is 0 Å². The molecular formula is C16H20O4. The molecule has 0 fully saturated rings. The SMILES string of the molecule is C=CCCCC(=O)c1c(O)cc(CCCC=C)oc1=O. The number of rotatable bonds is 9. The van der Waals surface area contributed by atoms with Crippen molar-refractivity contribution in [3.63, 3.8) is 0 Å². The van der Waals surface area contributed by atoms with E-state index in [1.165, 1.54) is 6.07 Å². The largest absolute Gasteiger partial charge is 0.507 e. The molecular weight excluding hydrogens is 256 g/mol. The number of hydrogen-bond donors (Lipinski definition) is 1. The number of carbonyl (C=O) groups is 1. The molecule has 108 valence electrons. The summed E-state index contributed by atoms with van der Waals surface area (Å²) in [5.74, 6) is -0.300. The average Bonchev–Trinajstić information content (AvgIpc) is 2.38. The van der Waals surface area contributed by atoms with Crippen molar-refractivity contribution in [2.45, 2.75) is 38.5 Å². The second kappa shape index (κ2) is 8.15. The van der Waals surface area contributed by atoms with Crippen LogP contribution in [0.25, 0.3) is 0 Å². The molecule has 4 nitrogen and oxygen atoms in total. The molecule has 0 unspecified atom stereocenters. The summed E-state index contributed by atoms with van der Waals surface area (Å²) in [6.07, 6.45) is 7.07. The Morgan fingerprint density at radius 1 is 1.25 bits per heavy atom. The van der Waals surface area contributed by atoms with Gasteiger partial charge in [-0.15, -0.1) is 13.2 Å². The van der Waals surface area contributed by atoms with Gasteiger partial charge < -0.3 is 9.52 Å². The lowest BCUT2D eigenvalue weighted by atomic mass is 10.1. The van der Waals surface area contributed by atoms with Gasteiger partial charge in [-0.25, -0.2) is 4.79 Å². The number of ketones is 1. The van der Waals surface area contributed by atoms with Crippen LogP contribution in [0.15, 0.2) is 40.6 Å². The van der Waals surface area contributed by atoms with E-state index in [1.807, 2.05) is 0 Å². The van der Waals surface area contributed by atoms with Crippen molar-refractivity contribution in [2.24, 2.45) is 0 Å². The van der Waals surface area contributed by atoms with E-state index in [4.69, 9.17) is 4.42 Å². The van der Waals surface area contributed by atoms with Gasteiger partial charge in [0.2, 0.25) is 0 Å². The Hall–Kier alpha value is -2.10. The maximum atomic E-state index is 11.9. The van der Waals surface area contributed by atoms with E-state index in [0.717, 1.165) is 12.8 Å². The van der Waals surface area contributed by atoms with Crippen molar-refractivity contribution in [2.75, 3.05) is 0 Å². The summed E-state index contributed by atoms with van der Waals surface area (Å²) in [6.45, 7) is 7.17. The van der Waals surface area contributed by atoms with E-state index in [9.17, 15) is 14.7 Å². The first-order chi connectivity index (χ1) is 9.60. The average molecular weight is 276 g/mol. The summed E-state index contributed by atoms with van der Waals surface area (Å²) in [5.41, 5.74) is -1.01. The second-order valence-electron chi connectivity index (χ2n) is 4.55. The van der Waals surface area contributed by atoms with Gasteiger partial charge in [0.15, 0.2) is 5.78 Å². The van der Waals surface area contributed by atoms with Gasteiger partial charge in [0.25, 0.3) is 0 Å². The van der Waals surface area contributed by atoms with E-state index in [2.05, 4.69) is 13.2 Å². The van der Waals surface area contributed by atoms with E-state index in [-0.39, 0.29) is 17.7 Å². The molecule has 0 aliphatic carbocycles. The van der Waals surface area contributed by atoms with Crippen LogP contribution in [-0.2, 0) is 6.42 Å². The first-order valence-corrected chi connectivity index (χ1v) is 6.71. The van der Waals surface area contributed by atoms with Crippen LogP contribution >= 0.6 is 0 Å². The van der Waals surface area contributed by atoms with Gasteiger partial charge in [-0.05, 0) is 25.7 Å². The number of aromatic hydroxyl groups is 1. The molecule has 1 aromatic rings. The zero-order valence-corrected chi connectivity index (χ0v) is 11.6. The Balaban J connectivity index is 2.83. The quantitative estimate of drug-likeness (QED) is 0.426. The molecule has 0 radical (unpaired) electrons. The Labute approximate surface area is 118 Å².